The summed E-state index contributed by atoms with van der Waals surface area (Å²) < 4.78 is 5.76. The number of ether oxygens (including phenoxy) is 1. The van der Waals surface area contributed by atoms with Gasteiger partial charge in [0.1, 0.15) is 0 Å². The van der Waals surface area contributed by atoms with Crippen LogP contribution in [0, 0.1) is 0 Å². The smallest absolute Gasteiger partial charge is 0.308 e. The molecule has 0 aromatic heterocycles. The Morgan fingerprint density at radius 2 is 2.24 bits per heavy atom. The standard InChI is InChI=1S/C12H15BrO3S/c1-2-16-12(15)7-9(14)8-17-11-6-4-3-5-10(11)13/h3-6,9,14H,2,7-8H2,1H3. The van der Waals surface area contributed by atoms with Crippen molar-refractivity contribution in [2.75, 3.05) is 12.4 Å². The van der Waals surface area contributed by atoms with Crippen molar-refractivity contribution >= 4 is 33.7 Å². The van der Waals surface area contributed by atoms with Crippen molar-refractivity contribution in [3.05, 3.63) is 28.7 Å². The van der Waals surface area contributed by atoms with Gasteiger partial charge in [-0.05, 0) is 35.0 Å². The Morgan fingerprint density at radius 3 is 2.88 bits per heavy atom. The molecule has 5 heteroatoms. The van der Waals surface area contributed by atoms with Gasteiger partial charge >= 0.3 is 5.97 Å². The molecule has 1 aromatic rings. The molecule has 1 unspecified atom stereocenters. The van der Waals surface area contributed by atoms with Crippen LogP contribution in [-0.4, -0.2) is 29.5 Å². The van der Waals surface area contributed by atoms with Crippen LogP contribution < -0.4 is 0 Å². The Kier molecular flexibility index (Phi) is 6.62. The summed E-state index contributed by atoms with van der Waals surface area (Å²) in [6.45, 7) is 2.10. The lowest BCUT2D eigenvalue weighted by molar-refractivity contribution is -0.144. The monoisotopic (exact) mass is 318 g/mol. The highest BCUT2D eigenvalue weighted by molar-refractivity contribution is 9.10. The lowest BCUT2D eigenvalue weighted by Gasteiger charge is -2.10. The first-order valence-electron chi connectivity index (χ1n) is 5.34. The van der Waals surface area contributed by atoms with Crippen LogP contribution in [-0.2, 0) is 9.53 Å². The van der Waals surface area contributed by atoms with Crippen molar-refractivity contribution in [3.63, 3.8) is 0 Å². The summed E-state index contributed by atoms with van der Waals surface area (Å²) in [6, 6.07) is 7.78. The molecule has 0 heterocycles. The number of rotatable bonds is 6. The molecular formula is C12H15BrO3S. The number of aliphatic hydroxyl groups excluding tert-OH is 1. The summed E-state index contributed by atoms with van der Waals surface area (Å²) in [7, 11) is 0. The summed E-state index contributed by atoms with van der Waals surface area (Å²) in [4.78, 5) is 12.2. The fourth-order valence-corrected chi connectivity index (χ4v) is 2.72. The maximum absolute atomic E-state index is 11.1. The molecule has 0 bridgehead atoms. The lowest BCUT2D eigenvalue weighted by Crippen LogP contribution is -2.17. The molecule has 0 aliphatic heterocycles. The van der Waals surface area contributed by atoms with Crippen LogP contribution in [0.4, 0.5) is 0 Å². The maximum atomic E-state index is 11.1. The second-order valence-electron chi connectivity index (χ2n) is 3.40. The average Bonchev–Trinajstić information content (AvgIpc) is 2.28. The van der Waals surface area contributed by atoms with E-state index in [2.05, 4.69) is 15.9 Å². The van der Waals surface area contributed by atoms with Gasteiger partial charge in [-0.15, -0.1) is 11.8 Å². The zero-order chi connectivity index (χ0) is 12.7. The molecule has 0 saturated heterocycles. The van der Waals surface area contributed by atoms with E-state index in [1.54, 1.807) is 6.92 Å². The summed E-state index contributed by atoms with van der Waals surface area (Å²) >= 11 is 4.94. The highest BCUT2D eigenvalue weighted by Gasteiger charge is 2.12. The van der Waals surface area contributed by atoms with Crippen molar-refractivity contribution in [1.82, 2.24) is 0 Å². The topological polar surface area (TPSA) is 46.5 Å². The number of carbonyl (C=O) groups is 1. The summed E-state index contributed by atoms with van der Waals surface area (Å²) in [6.07, 6.45) is -0.628. The molecule has 0 amide bonds. The second-order valence-corrected chi connectivity index (χ2v) is 5.32. The van der Waals surface area contributed by atoms with Crippen molar-refractivity contribution in [2.24, 2.45) is 0 Å². The Labute approximate surface area is 114 Å². The van der Waals surface area contributed by atoms with E-state index >= 15 is 0 Å². The number of aliphatic hydroxyl groups is 1. The van der Waals surface area contributed by atoms with Crippen LogP contribution >= 0.6 is 27.7 Å². The SMILES string of the molecule is CCOC(=O)CC(O)CSc1ccccc1Br. The number of halogens is 1. The van der Waals surface area contributed by atoms with E-state index in [-0.39, 0.29) is 12.4 Å². The first-order chi connectivity index (χ1) is 8.13. The summed E-state index contributed by atoms with van der Waals surface area (Å²) in [5.41, 5.74) is 0. The van der Waals surface area contributed by atoms with Gasteiger partial charge in [-0.1, -0.05) is 12.1 Å². The van der Waals surface area contributed by atoms with Crippen molar-refractivity contribution in [2.45, 2.75) is 24.3 Å². The van der Waals surface area contributed by atoms with Crippen LogP contribution in [0.1, 0.15) is 13.3 Å². The zero-order valence-electron chi connectivity index (χ0n) is 9.56. The van der Waals surface area contributed by atoms with Crippen molar-refractivity contribution in [1.29, 1.82) is 0 Å². The normalized spacial score (nSPS) is 12.2. The average molecular weight is 319 g/mol. The number of benzene rings is 1. The number of thioether (sulfide) groups is 1. The van der Waals surface area contributed by atoms with Gasteiger partial charge in [-0.2, -0.15) is 0 Å². The van der Waals surface area contributed by atoms with Crippen LogP contribution in [0.25, 0.3) is 0 Å². The van der Waals surface area contributed by atoms with E-state index in [4.69, 9.17) is 4.74 Å². The van der Waals surface area contributed by atoms with Crippen LogP contribution in [0.2, 0.25) is 0 Å². The van der Waals surface area contributed by atoms with Gasteiger partial charge in [0.25, 0.3) is 0 Å². The minimum atomic E-state index is -0.675. The van der Waals surface area contributed by atoms with Gasteiger partial charge in [-0.3, -0.25) is 4.79 Å². The van der Waals surface area contributed by atoms with Gasteiger partial charge in [0, 0.05) is 15.1 Å². The first kappa shape index (κ1) is 14.5. The molecule has 0 saturated carbocycles. The predicted octanol–water partition coefficient (Wildman–Crippen LogP) is 2.86. The molecule has 1 N–H and O–H groups in total. The molecule has 1 aromatic carbocycles. The van der Waals surface area contributed by atoms with Gasteiger partial charge in [-0.25, -0.2) is 0 Å². The van der Waals surface area contributed by atoms with Crippen LogP contribution in [0.15, 0.2) is 33.6 Å². The molecule has 1 rings (SSSR count). The molecule has 0 aliphatic rings. The fourth-order valence-electron chi connectivity index (χ4n) is 1.22. The molecule has 0 spiro atoms. The summed E-state index contributed by atoms with van der Waals surface area (Å²) in [5.74, 6) is 0.120. The first-order valence-corrected chi connectivity index (χ1v) is 7.12. The molecule has 3 nitrogen and oxygen atoms in total. The van der Waals surface area contributed by atoms with Crippen molar-refractivity contribution in [3.8, 4) is 0 Å². The Morgan fingerprint density at radius 1 is 1.53 bits per heavy atom. The third-order valence-corrected chi connectivity index (χ3v) is 4.15. The third-order valence-electron chi connectivity index (χ3n) is 1.98. The van der Waals surface area contributed by atoms with Gasteiger partial charge in [0.2, 0.25) is 0 Å². The molecular weight excluding hydrogens is 304 g/mol. The van der Waals surface area contributed by atoms with Crippen LogP contribution in [0.3, 0.4) is 0 Å². The molecule has 94 valence electrons. The van der Waals surface area contributed by atoms with E-state index in [1.165, 1.54) is 11.8 Å². The number of hydrogen-bond acceptors (Lipinski definition) is 4. The van der Waals surface area contributed by atoms with Gasteiger partial charge < -0.3 is 9.84 Å². The second kappa shape index (κ2) is 7.74. The highest BCUT2D eigenvalue weighted by atomic mass is 79.9. The molecule has 0 radical (unpaired) electrons. The largest absolute Gasteiger partial charge is 0.466 e. The Bertz CT molecular complexity index is 371. The number of hydrogen-bond donors (Lipinski definition) is 1. The Balaban J connectivity index is 2.35. The lowest BCUT2D eigenvalue weighted by atomic mass is 10.3. The van der Waals surface area contributed by atoms with Crippen LogP contribution in [0.5, 0.6) is 0 Å². The van der Waals surface area contributed by atoms with E-state index < -0.39 is 6.10 Å². The molecule has 1 atom stereocenters. The minimum Gasteiger partial charge on any atom is -0.466 e. The molecule has 0 fully saturated rings. The van der Waals surface area contributed by atoms with Crippen molar-refractivity contribution < 1.29 is 14.6 Å². The number of esters is 1. The van der Waals surface area contributed by atoms with E-state index in [0.717, 1.165) is 9.37 Å². The van der Waals surface area contributed by atoms with Gasteiger partial charge in [0.05, 0.1) is 19.1 Å². The molecule has 0 aliphatic carbocycles. The number of carbonyl (C=O) groups excluding carboxylic acids is 1. The fraction of sp³-hybridized carbons (Fsp3) is 0.417. The third kappa shape index (κ3) is 5.57. The quantitative estimate of drug-likeness (QED) is 0.647. The van der Waals surface area contributed by atoms with E-state index in [9.17, 15) is 9.90 Å². The zero-order valence-corrected chi connectivity index (χ0v) is 12.0. The molecule has 17 heavy (non-hydrogen) atoms. The Hall–Kier alpha value is -0.520. The van der Waals surface area contributed by atoms with E-state index in [0.29, 0.717) is 12.4 Å². The maximum Gasteiger partial charge on any atom is 0.308 e. The highest BCUT2D eigenvalue weighted by Crippen LogP contribution is 2.27. The predicted molar refractivity (Wildman–Crippen MR) is 72.1 cm³/mol. The minimum absolute atomic E-state index is 0.0469. The van der Waals surface area contributed by atoms with E-state index in [1.807, 2.05) is 24.3 Å². The summed E-state index contributed by atoms with van der Waals surface area (Å²) in [5, 5.41) is 9.66. The van der Waals surface area contributed by atoms with Gasteiger partial charge in [0.15, 0.2) is 0 Å².